The molecule has 27 heavy (non-hydrogen) atoms. The molecule has 0 radical (unpaired) electrons. The van der Waals surface area contributed by atoms with Crippen molar-refractivity contribution in [2.45, 2.75) is 26.6 Å². The zero-order chi connectivity index (χ0) is 20.0. The van der Waals surface area contributed by atoms with Gasteiger partial charge in [-0.25, -0.2) is 14.6 Å². The van der Waals surface area contributed by atoms with Crippen LogP contribution in [0.1, 0.15) is 27.3 Å². The molecule has 0 saturated heterocycles. The van der Waals surface area contributed by atoms with Crippen LogP contribution in [0.3, 0.4) is 0 Å². The second-order valence-corrected chi connectivity index (χ2v) is 6.90. The molecule has 0 saturated carbocycles. The summed E-state index contributed by atoms with van der Waals surface area (Å²) in [6.07, 6.45) is -1.13. The number of halogens is 1. The van der Waals surface area contributed by atoms with Gasteiger partial charge in [0, 0.05) is 12.1 Å². The smallest absolute Gasteiger partial charge is 0.351 e. The molecule has 2 rings (SSSR count). The molecule has 8 nitrogen and oxygen atoms in total. The number of nitrogens with one attached hydrogen (secondary N) is 2. The van der Waals surface area contributed by atoms with E-state index in [0.29, 0.717) is 21.5 Å². The Morgan fingerprint density at radius 3 is 2.56 bits per heavy atom. The summed E-state index contributed by atoms with van der Waals surface area (Å²) in [4.78, 5) is 39.7. The molecule has 2 N–H and O–H groups in total. The summed E-state index contributed by atoms with van der Waals surface area (Å²) in [6, 6.07) is 6.18. The van der Waals surface area contributed by atoms with Crippen LogP contribution in [0.15, 0.2) is 24.3 Å². The summed E-state index contributed by atoms with van der Waals surface area (Å²) < 4.78 is 10.7. The van der Waals surface area contributed by atoms with E-state index < -0.39 is 24.0 Å². The Bertz CT molecular complexity index is 838. The summed E-state index contributed by atoms with van der Waals surface area (Å²) in [7, 11) is 1.37. The van der Waals surface area contributed by atoms with Crippen LogP contribution in [0.25, 0.3) is 0 Å². The minimum Gasteiger partial charge on any atom is -0.486 e. The third kappa shape index (κ3) is 5.93. The van der Waals surface area contributed by atoms with E-state index in [9.17, 15) is 14.4 Å². The number of rotatable bonds is 6. The van der Waals surface area contributed by atoms with E-state index in [1.54, 1.807) is 31.2 Å². The van der Waals surface area contributed by atoms with Gasteiger partial charge in [-0.05, 0) is 38.1 Å². The molecule has 1 heterocycles. The normalized spacial score (nSPS) is 11.4. The highest BCUT2D eigenvalue weighted by molar-refractivity contribution is 7.13. The third-order valence-corrected chi connectivity index (χ3v) is 4.68. The number of carbonyl (C=O) groups excluding carboxylic acids is 3. The fourth-order valence-electron chi connectivity index (χ4n) is 1.92. The number of esters is 1. The van der Waals surface area contributed by atoms with E-state index >= 15 is 0 Å². The fraction of sp³-hybridized carbons (Fsp3) is 0.294. The molecule has 1 aromatic heterocycles. The highest BCUT2D eigenvalue weighted by Gasteiger charge is 2.23. The van der Waals surface area contributed by atoms with Gasteiger partial charge in [-0.2, -0.15) is 0 Å². The average Bonchev–Trinajstić information content (AvgIpc) is 3.01. The first kappa shape index (κ1) is 20.7. The van der Waals surface area contributed by atoms with Crippen LogP contribution in [-0.4, -0.2) is 36.0 Å². The van der Waals surface area contributed by atoms with E-state index in [1.165, 1.54) is 14.0 Å². The number of thiazole rings is 1. The number of imide groups is 1. The molecule has 0 fully saturated rings. The van der Waals surface area contributed by atoms with Crippen LogP contribution in [0.5, 0.6) is 5.75 Å². The summed E-state index contributed by atoms with van der Waals surface area (Å²) >= 11 is 6.93. The van der Waals surface area contributed by atoms with Crippen LogP contribution in [0.4, 0.5) is 4.79 Å². The minimum absolute atomic E-state index is 0.174. The van der Waals surface area contributed by atoms with Crippen LogP contribution in [0, 0.1) is 6.92 Å². The highest BCUT2D eigenvalue weighted by Crippen LogP contribution is 2.22. The van der Waals surface area contributed by atoms with Crippen molar-refractivity contribution in [1.82, 2.24) is 15.6 Å². The van der Waals surface area contributed by atoms with Gasteiger partial charge in [0.25, 0.3) is 5.91 Å². The quantitative estimate of drug-likeness (QED) is 0.708. The van der Waals surface area contributed by atoms with Crippen molar-refractivity contribution in [3.8, 4) is 5.75 Å². The molecule has 0 aliphatic rings. The number of urea groups is 1. The molecule has 0 bridgehead atoms. The third-order valence-electron chi connectivity index (χ3n) is 3.32. The second-order valence-electron chi connectivity index (χ2n) is 5.38. The van der Waals surface area contributed by atoms with Crippen LogP contribution >= 0.6 is 22.9 Å². The van der Waals surface area contributed by atoms with Crippen molar-refractivity contribution in [1.29, 1.82) is 0 Å². The van der Waals surface area contributed by atoms with Gasteiger partial charge >= 0.3 is 12.0 Å². The molecule has 10 heteroatoms. The van der Waals surface area contributed by atoms with Gasteiger partial charge in [0.05, 0.1) is 5.69 Å². The lowest BCUT2D eigenvalue weighted by Gasteiger charge is -2.12. The van der Waals surface area contributed by atoms with Gasteiger partial charge in [0.2, 0.25) is 0 Å². The van der Waals surface area contributed by atoms with E-state index in [2.05, 4.69) is 10.3 Å². The number of hydrogen-bond acceptors (Lipinski definition) is 7. The summed E-state index contributed by atoms with van der Waals surface area (Å²) in [5.41, 5.74) is 0.471. The zero-order valence-electron chi connectivity index (χ0n) is 14.9. The van der Waals surface area contributed by atoms with Crippen molar-refractivity contribution in [3.63, 3.8) is 0 Å². The topological polar surface area (TPSA) is 107 Å². The molecule has 2 aromatic rings. The lowest BCUT2D eigenvalue weighted by molar-refractivity contribution is -0.127. The molecule has 1 atom stereocenters. The van der Waals surface area contributed by atoms with Gasteiger partial charge in [-0.1, -0.05) is 11.6 Å². The van der Waals surface area contributed by atoms with Gasteiger partial charge < -0.3 is 14.8 Å². The number of amides is 3. The number of carbonyl (C=O) groups is 3. The molecular weight excluding hydrogens is 394 g/mol. The molecule has 0 spiro atoms. The molecule has 1 unspecified atom stereocenters. The van der Waals surface area contributed by atoms with Crippen LogP contribution in [-0.2, 0) is 16.1 Å². The second kappa shape index (κ2) is 9.33. The lowest BCUT2D eigenvalue weighted by atomic mass is 10.3. The number of ether oxygens (including phenoxy) is 2. The van der Waals surface area contributed by atoms with Crippen LogP contribution in [0.2, 0.25) is 5.02 Å². The first-order valence-corrected chi connectivity index (χ1v) is 9.07. The van der Waals surface area contributed by atoms with E-state index in [0.717, 1.165) is 11.3 Å². The molecule has 0 aliphatic heterocycles. The first-order valence-electron chi connectivity index (χ1n) is 7.88. The maximum atomic E-state index is 12.3. The highest BCUT2D eigenvalue weighted by atomic mass is 35.5. The van der Waals surface area contributed by atoms with E-state index in [-0.39, 0.29) is 11.5 Å². The average molecular weight is 412 g/mol. The number of aromatic nitrogens is 1. The molecule has 0 aliphatic carbocycles. The Hall–Kier alpha value is -2.65. The summed E-state index contributed by atoms with van der Waals surface area (Å²) in [5.74, 6) is -0.797. The van der Waals surface area contributed by atoms with Gasteiger partial charge in [0.1, 0.15) is 22.2 Å². The number of hydrogen-bond donors (Lipinski definition) is 2. The predicted octanol–water partition coefficient (Wildman–Crippen LogP) is 2.68. The van der Waals surface area contributed by atoms with Gasteiger partial charge in [-0.3, -0.25) is 10.1 Å². The zero-order valence-corrected chi connectivity index (χ0v) is 16.4. The number of aryl methyl sites for hydroxylation is 1. The largest absolute Gasteiger partial charge is 0.486 e. The molecule has 144 valence electrons. The lowest BCUT2D eigenvalue weighted by Crippen LogP contribution is -2.43. The molecular formula is C17H18ClN3O5S. The predicted molar refractivity (Wildman–Crippen MR) is 100 cm³/mol. The first-order chi connectivity index (χ1) is 12.8. The Morgan fingerprint density at radius 1 is 1.26 bits per heavy atom. The number of nitrogens with zero attached hydrogens (tertiary/aromatic N) is 1. The molecule has 1 aromatic carbocycles. The van der Waals surface area contributed by atoms with Crippen LogP contribution < -0.4 is 15.4 Å². The Kier molecular flexibility index (Phi) is 7.14. The SMILES string of the molecule is CNC(=O)NC(=O)C(C)OC(=O)c1sc(COc2ccc(Cl)cc2)nc1C. The fourth-order valence-corrected chi connectivity index (χ4v) is 2.91. The monoisotopic (exact) mass is 411 g/mol. The van der Waals surface area contributed by atoms with Crippen molar-refractivity contribution >= 4 is 40.8 Å². The summed E-state index contributed by atoms with van der Waals surface area (Å²) in [5, 5.41) is 5.46. The summed E-state index contributed by atoms with van der Waals surface area (Å²) in [6.45, 7) is 3.21. The van der Waals surface area contributed by atoms with Crippen molar-refractivity contribution in [3.05, 3.63) is 44.9 Å². The van der Waals surface area contributed by atoms with Crippen molar-refractivity contribution < 1.29 is 23.9 Å². The maximum absolute atomic E-state index is 12.3. The van der Waals surface area contributed by atoms with Gasteiger partial charge in [0.15, 0.2) is 6.10 Å². The standard InChI is InChI=1S/C17H18ClN3O5S/c1-9-14(16(23)26-10(2)15(22)21-17(24)19-3)27-13(20-9)8-25-12-6-4-11(18)5-7-12/h4-7,10H,8H2,1-3H3,(H2,19,21,22,24). The van der Waals surface area contributed by atoms with Crippen molar-refractivity contribution in [2.24, 2.45) is 0 Å². The Labute approximate surface area is 164 Å². The minimum atomic E-state index is -1.13. The Balaban J connectivity index is 1.96. The van der Waals surface area contributed by atoms with E-state index in [4.69, 9.17) is 21.1 Å². The maximum Gasteiger partial charge on any atom is 0.351 e. The molecule has 3 amide bonds. The number of benzene rings is 1. The Morgan fingerprint density at radius 2 is 1.93 bits per heavy atom. The van der Waals surface area contributed by atoms with E-state index in [1.807, 2.05) is 5.32 Å². The van der Waals surface area contributed by atoms with Crippen molar-refractivity contribution in [2.75, 3.05) is 7.05 Å². The van der Waals surface area contributed by atoms with Gasteiger partial charge in [-0.15, -0.1) is 11.3 Å².